The Morgan fingerprint density at radius 3 is 3.00 bits per heavy atom. The third-order valence-electron chi connectivity index (χ3n) is 3.33. The number of para-hydroxylation sites is 1. The molecule has 0 spiro atoms. The van der Waals surface area contributed by atoms with E-state index in [1.807, 2.05) is 35.2 Å². The van der Waals surface area contributed by atoms with Gasteiger partial charge in [-0.1, -0.05) is 18.2 Å². The molecule has 0 aliphatic heterocycles. The molecule has 4 nitrogen and oxygen atoms in total. The first-order chi connectivity index (χ1) is 9.75. The number of rotatable bonds is 4. The lowest BCUT2D eigenvalue weighted by Gasteiger charge is -2.11. The van der Waals surface area contributed by atoms with E-state index in [4.69, 9.17) is 0 Å². The lowest BCUT2D eigenvalue weighted by atomic mass is 10.1. The number of hydrogen-bond donors (Lipinski definition) is 1. The summed E-state index contributed by atoms with van der Waals surface area (Å²) >= 11 is 1.60. The van der Waals surface area contributed by atoms with E-state index in [-0.39, 0.29) is 5.56 Å². The van der Waals surface area contributed by atoms with Gasteiger partial charge in [-0.25, -0.2) is 4.98 Å². The van der Waals surface area contributed by atoms with Crippen LogP contribution in [0.1, 0.15) is 5.69 Å². The van der Waals surface area contributed by atoms with Crippen molar-refractivity contribution in [3.63, 3.8) is 0 Å². The van der Waals surface area contributed by atoms with Crippen molar-refractivity contribution in [1.29, 1.82) is 0 Å². The topological polar surface area (TPSA) is 46.9 Å². The molecule has 5 heteroatoms. The van der Waals surface area contributed by atoms with Gasteiger partial charge in [0.1, 0.15) is 0 Å². The largest absolute Gasteiger partial charge is 0.384 e. The van der Waals surface area contributed by atoms with E-state index in [2.05, 4.69) is 10.3 Å². The van der Waals surface area contributed by atoms with Gasteiger partial charge in [-0.2, -0.15) is 0 Å². The Labute approximate surface area is 120 Å². The van der Waals surface area contributed by atoms with Crippen LogP contribution in [0, 0.1) is 0 Å². The molecular formula is C15H15N3OS. The van der Waals surface area contributed by atoms with Crippen molar-refractivity contribution in [2.75, 3.05) is 11.9 Å². The maximum atomic E-state index is 12.0. The van der Waals surface area contributed by atoms with Crippen LogP contribution < -0.4 is 10.9 Å². The Morgan fingerprint density at radius 2 is 2.20 bits per heavy atom. The highest BCUT2D eigenvalue weighted by atomic mass is 32.1. The number of thiazole rings is 1. The lowest BCUT2D eigenvalue weighted by molar-refractivity contribution is 0.904. The molecule has 0 amide bonds. The average Bonchev–Trinajstić information content (AvgIpc) is 2.97. The number of pyridine rings is 1. The minimum absolute atomic E-state index is 0.000131. The molecule has 0 aliphatic carbocycles. The van der Waals surface area contributed by atoms with Crippen LogP contribution in [0.4, 0.5) is 5.69 Å². The van der Waals surface area contributed by atoms with Gasteiger partial charge in [0.15, 0.2) is 0 Å². The highest BCUT2D eigenvalue weighted by molar-refractivity contribution is 7.07. The molecule has 0 bridgehead atoms. The zero-order chi connectivity index (χ0) is 13.9. The standard InChI is InChI=1S/C15H15N3OS/c1-18-14-5-3-2-4-12(14)13(8-15(18)19)16-7-6-11-9-20-10-17-11/h2-5,8-10,16H,6-7H2,1H3. The summed E-state index contributed by atoms with van der Waals surface area (Å²) in [5.74, 6) is 0. The Morgan fingerprint density at radius 1 is 1.35 bits per heavy atom. The fraction of sp³-hybridized carbons (Fsp3) is 0.200. The number of nitrogens with one attached hydrogen (secondary N) is 1. The van der Waals surface area contributed by atoms with Gasteiger partial charge in [0.25, 0.3) is 5.56 Å². The summed E-state index contributed by atoms with van der Waals surface area (Å²) in [6.07, 6.45) is 0.854. The van der Waals surface area contributed by atoms with Crippen molar-refractivity contribution in [2.24, 2.45) is 7.05 Å². The highest BCUT2D eigenvalue weighted by Gasteiger charge is 2.05. The molecule has 1 N–H and O–H groups in total. The molecular weight excluding hydrogens is 270 g/mol. The molecule has 0 saturated carbocycles. The quantitative estimate of drug-likeness (QED) is 0.801. The normalized spacial score (nSPS) is 10.8. The third-order valence-corrected chi connectivity index (χ3v) is 3.97. The van der Waals surface area contributed by atoms with Crippen molar-refractivity contribution in [2.45, 2.75) is 6.42 Å². The number of benzene rings is 1. The SMILES string of the molecule is Cn1c(=O)cc(NCCc2cscn2)c2ccccc21. The first kappa shape index (κ1) is 12.9. The Hall–Kier alpha value is -2.14. The molecule has 102 valence electrons. The first-order valence-electron chi connectivity index (χ1n) is 6.45. The van der Waals surface area contributed by atoms with E-state index >= 15 is 0 Å². The van der Waals surface area contributed by atoms with Gasteiger partial charge in [0.05, 0.1) is 16.7 Å². The second kappa shape index (κ2) is 5.46. The smallest absolute Gasteiger partial charge is 0.252 e. The maximum absolute atomic E-state index is 12.0. The number of nitrogens with zero attached hydrogens (tertiary/aromatic N) is 2. The Kier molecular flexibility index (Phi) is 3.52. The van der Waals surface area contributed by atoms with Crippen molar-refractivity contribution in [3.05, 3.63) is 57.3 Å². The minimum atomic E-state index is -0.000131. The number of anilines is 1. The molecule has 0 saturated heterocycles. The van der Waals surface area contributed by atoms with Gasteiger partial charge < -0.3 is 9.88 Å². The first-order valence-corrected chi connectivity index (χ1v) is 7.40. The van der Waals surface area contributed by atoms with E-state index in [9.17, 15) is 4.79 Å². The zero-order valence-electron chi connectivity index (χ0n) is 11.2. The molecule has 3 aromatic rings. The van der Waals surface area contributed by atoms with E-state index in [1.165, 1.54) is 0 Å². The van der Waals surface area contributed by atoms with E-state index in [0.717, 1.165) is 35.2 Å². The summed E-state index contributed by atoms with van der Waals surface area (Å²) in [7, 11) is 1.80. The predicted octanol–water partition coefficient (Wildman–Crippen LogP) is 2.65. The fourth-order valence-electron chi connectivity index (χ4n) is 2.24. The van der Waals surface area contributed by atoms with E-state index < -0.39 is 0 Å². The van der Waals surface area contributed by atoms with Gasteiger partial charge in [0, 0.05) is 42.5 Å². The zero-order valence-corrected chi connectivity index (χ0v) is 12.0. The minimum Gasteiger partial charge on any atom is -0.384 e. The van der Waals surface area contributed by atoms with Gasteiger partial charge in [-0.15, -0.1) is 11.3 Å². The summed E-state index contributed by atoms with van der Waals surface area (Å²) in [6, 6.07) is 9.57. The fourth-order valence-corrected chi connectivity index (χ4v) is 2.84. The molecule has 3 rings (SSSR count). The number of aryl methyl sites for hydroxylation is 1. The van der Waals surface area contributed by atoms with Crippen LogP contribution in [0.3, 0.4) is 0 Å². The summed E-state index contributed by atoms with van der Waals surface area (Å²) in [5, 5.41) is 6.45. The summed E-state index contributed by atoms with van der Waals surface area (Å²) in [4.78, 5) is 16.2. The molecule has 0 aliphatic rings. The number of aromatic nitrogens is 2. The van der Waals surface area contributed by atoms with Gasteiger partial charge in [-0.3, -0.25) is 4.79 Å². The highest BCUT2D eigenvalue weighted by Crippen LogP contribution is 2.20. The van der Waals surface area contributed by atoms with Gasteiger partial charge in [-0.05, 0) is 6.07 Å². The molecule has 0 atom stereocenters. The molecule has 2 heterocycles. The van der Waals surface area contributed by atoms with E-state index in [1.54, 1.807) is 29.0 Å². The molecule has 2 aromatic heterocycles. The summed E-state index contributed by atoms with van der Waals surface area (Å²) in [6.45, 7) is 0.765. The van der Waals surface area contributed by atoms with Gasteiger partial charge >= 0.3 is 0 Å². The maximum Gasteiger partial charge on any atom is 0.252 e. The molecule has 20 heavy (non-hydrogen) atoms. The lowest BCUT2D eigenvalue weighted by Crippen LogP contribution is -2.18. The van der Waals surface area contributed by atoms with Crippen molar-refractivity contribution >= 4 is 27.9 Å². The monoisotopic (exact) mass is 285 g/mol. The molecule has 1 aromatic carbocycles. The van der Waals surface area contributed by atoms with Crippen LogP contribution in [-0.4, -0.2) is 16.1 Å². The Bertz CT molecular complexity index is 777. The predicted molar refractivity (Wildman–Crippen MR) is 83.5 cm³/mol. The van der Waals surface area contributed by atoms with Crippen molar-refractivity contribution < 1.29 is 0 Å². The molecule has 0 fully saturated rings. The van der Waals surface area contributed by atoms with Crippen LogP contribution in [0.5, 0.6) is 0 Å². The third kappa shape index (κ3) is 2.44. The van der Waals surface area contributed by atoms with Crippen LogP contribution >= 0.6 is 11.3 Å². The Balaban J connectivity index is 1.87. The number of fused-ring (bicyclic) bond motifs is 1. The van der Waals surface area contributed by atoms with Crippen LogP contribution in [0.25, 0.3) is 10.9 Å². The second-order valence-corrected chi connectivity index (χ2v) is 5.35. The number of hydrogen-bond acceptors (Lipinski definition) is 4. The van der Waals surface area contributed by atoms with Crippen LogP contribution in [0.15, 0.2) is 46.0 Å². The second-order valence-electron chi connectivity index (χ2n) is 4.63. The van der Waals surface area contributed by atoms with Crippen molar-refractivity contribution in [3.8, 4) is 0 Å². The van der Waals surface area contributed by atoms with E-state index in [0.29, 0.717) is 0 Å². The average molecular weight is 285 g/mol. The van der Waals surface area contributed by atoms with Crippen LogP contribution in [0.2, 0.25) is 0 Å². The summed E-state index contributed by atoms with van der Waals surface area (Å²) < 4.78 is 1.67. The van der Waals surface area contributed by atoms with Gasteiger partial charge in [0.2, 0.25) is 0 Å². The molecule has 0 unspecified atom stereocenters. The molecule has 0 radical (unpaired) electrons. The van der Waals surface area contributed by atoms with Crippen LogP contribution in [-0.2, 0) is 13.5 Å². The summed E-state index contributed by atoms with van der Waals surface area (Å²) in [5.41, 5.74) is 4.74. The van der Waals surface area contributed by atoms with Crippen molar-refractivity contribution in [1.82, 2.24) is 9.55 Å².